The number of alkyl halides is 3. The van der Waals surface area contributed by atoms with Crippen LogP contribution in [0.1, 0.15) is 19.4 Å². The number of nitrogens with one attached hydrogen (secondary N) is 1. The highest BCUT2D eigenvalue weighted by atomic mass is 35.5. The molecule has 3 nitrogen and oxygen atoms in total. The Hall–Kier alpha value is -1.69. The van der Waals surface area contributed by atoms with E-state index in [0.29, 0.717) is 13.1 Å². The van der Waals surface area contributed by atoms with Gasteiger partial charge in [0.05, 0.1) is 17.1 Å². The van der Waals surface area contributed by atoms with Crippen LogP contribution in [0.15, 0.2) is 30.4 Å². The molecule has 7 heteroatoms. The van der Waals surface area contributed by atoms with Gasteiger partial charge < -0.3 is 10.2 Å². The molecule has 0 aliphatic carbocycles. The third-order valence-electron chi connectivity index (χ3n) is 2.91. The van der Waals surface area contributed by atoms with E-state index in [4.69, 9.17) is 11.6 Å². The van der Waals surface area contributed by atoms with E-state index in [-0.39, 0.29) is 23.2 Å². The van der Waals surface area contributed by atoms with Gasteiger partial charge in [-0.25, -0.2) is 0 Å². The lowest BCUT2D eigenvalue weighted by Gasteiger charge is -2.21. The zero-order valence-corrected chi connectivity index (χ0v) is 13.2. The van der Waals surface area contributed by atoms with E-state index in [9.17, 15) is 18.0 Å². The lowest BCUT2D eigenvalue weighted by molar-refractivity contribution is -0.137. The molecule has 0 spiro atoms. The van der Waals surface area contributed by atoms with Crippen LogP contribution in [0, 0.1) is 0 Å². The Morgan fingerprint density at radius 3 is 2.55 bits per heavy atom. The maximum atomic E-state index is 12.8. The van der Waals surface area contributed by atoms with Crippen LogP contribution in [0.25, 0.3) is 0 Å². The van der Waals surface area contributed by atoms with Gasteiger partial charge in [-0.2, -0.15) is 13.2 Å². The first-order chi connectivity index (χ1) is 10.1. The lowest BCUT2D eigenvalue weighted by atomic mass is 10.2. The molecule has 0 radical (unpaired) electrons. The van der Waals surface area contributed by atoms with Crippen molar-refractivity contribution in [1.82, 2.24) is 4.90 Å². The minimum Gasteiger partial charge on any atom is -0.376 e. The number of anilines is 1. The number of hydrogen-bond acceptors (Lipinski definition) is 2. The first-order valence-electron chi connectivity index (χ1n) is 6.68. The minimum atomic E-state index is -4.53. The van der Waals surface area contributed by atoms with Crippen LogP contribution >= 0.6 is 11.6 Å². The summed E-state index contributed by atoms with van der Waals surface area (Å²) in [7, 11) is 0. The molecule has 1 N–H and O–H groups in total. The zero-order chi connectivity index (χ0) is 16.9. The number of halogens is 4. The number of benzene rings is 1. The highest BCUT2D eigenvalue weighted by Gasteiger charge is 2.33. The summed E-state index contributed by atoms with van der Waals surface area (Å²) >= 11 is 5.54. The van der Waals surface area contributed by atoms with E-state index < -0.39 is 11.7 Å². The number of likely N-dealkylation sites (N-methyl/N-ethyl adjacent to an activating group) is 1. The molecule has 22 heavy (non-hydrogen) atoms. The Morgan fingerprint density at radius 2 is 2.05 bits per heavy atom. The van der Waals surface area contributed by atoms with Crippen LogP contribution in [-0.4, -0.2) is 30.4 Å². The molecule has 0 aliphatic heterocycles. The van der Waals surface area contributed by atoms with Gasteiger partial charge in [0.2, 0.25) is 5.91 Å². The molecule has 0 fully saturated rings. The van der Waals surface area contributed by atoms with E-state index in [1.807, 2.05) is 6.92 Å². The van der Waals surface area contributed by atoms with Crippen molar-refractivity contribution in [2.45, 2.75) is 20.0 Å². The normalized spacial score (nSPS) is 11.2. The molecule has 1 amide bonds. The maximum Gasteiger partial charge on any atom is 0.417 e. The van der Waals surface area contributed by atoms with Gasteiger partial charge in [-0.3, -0.25) is 4.79 Å². The van der Waals surface area contributed by atoms with Crippen LogP contribution in [0.4, 0.5) is 18.9 Å². The average molecular weight is 335 g/mol. The van der Waals surface area contributed by atoms with Gasteiger partial charge in [0.1, 0.15) is 0 Å². The topological polar surface area (TPSA) is 32.3 Å². The summed E-state index contributed by atoms with van der Waals surface area (Å²) in [6, 6.07) is 3.45. The summed E-state index contributed by atoms with van der Waals surface area (Å²) < 4.78 is 38.3. The minimum absolute atomic E-state index is 0.0972. The van der Waals surface area contributed by atoms with Crippen molar-refractivity contribution < 1.29 is 18.0 Å². The molecular formula is C15H18ClF3N2O. The van der Waals surface area contributed by atoms with Crippen molar-refractivity contribution in [3.8, 4) is 0 Å². The molecule has 0 atom stereocenters. The Kier molecular flexibility index (Phi) is 6.29. The molecular weight excluding hydrogens is 317 g/mol. The molecule has 1 rings (SSSR count). The molecule has 0 heterocycles. The molecule has 0 aromatic heterocycles. The van der Waals surface area contributed by atoms with Crippen molar-refractivity contribution in [3.05, 3.63) is 40.9 Å². The van der Waals surface area contributed by atoms with Crippen molar-refractivity contribution in [2.24, 2.45) is 0 Å². The molecule has 1 aromatic rings. The van der Waals surface area contributed by atoms with Crippen LogP contribution in [-0.2, 0) is 11.0 Å². The van der Waals surface area contributed by atoms with Gasteiger partial charge in [0.25, 0.3) is 0 Å². The molecule has 0 saturated carbocycles. The maximum absolute atomic E-state index is 12.8. The van der Waals surface area contributed by atoms with Crippen molar-refractivity contribution in [1.29, 1.82) is 0 Å². The van der Waals surface area contributed by atoms with E-state index in [1.165, 1.54) is 6.07 Å². The van der Waals surface area contributed by atoms with Gasteiger partial charge >= 0.3 is 6.18 Å². The molecule has 0 saturated heterocycles. The van der Waals surface area contributed by atoms with Crippen molar-refractivity contribution >= 4 is 23.2 Å². The Bertz CT molecular complexity index is 558. The largest absolute Gasteiger partial charge is 0.417 e. The second-order valence-corrected chi connectivity index (χ2v) is 5.32. The van der Waals surface area contributed by atoms with Crippen LogP contribution in [0.3, 0.4) is 0 Å². The first-order valence-corrected chi connectivity index (χ1v) is 7.05. The van der Waals surface area contributed by atoms with Crippen LogP contribution < -0.4 is 5.32 Å². The standard InChI is InChI=1S/C15H18ClF3N2O/c1-4-21(9-10(2)3)14(22)8-20-11-5-6-13(16)12(7-11)15(17,18)19/h5-7,20H,2,4,8-9H2,1,3H3. The molecule has 0 unspecified atom stereocenters. The highest BCUT2D eigenvalue weighted by Crippen LogP contribution is 2.36. The predicted octanol–water partition coefficient (Wildman–Crippen LogP) is 4.20. The Labute approximate surface area is 132 Å². The smallest absolute Gasteiger partial charge is 0.376 e. The van der Waals surface area contributed by atoms with E-state index in [0.717, 1.165) is 17.7 Å². The summed E-state index contributed by atoms with van der Waals surface area (Å²) in [6.07, 6.45) is -4.53. The second kappa shape index (κ2) is 7.54. The fourth-order valence-corrected chi connectivity index (χ4v) is 2.07. The molecule has 0 bridgehead atoms. The summed E-state index contributed by atoms with van der Waals surface area (Å²) in [5, 5.41) is 2.32. The number of amides is 1. The van der Waals surface area contributed by atoms with Gasteiger partial charge in [-0.1, -0.05) is 23.8 Å². The zero-order valence-electron chi connectivity index (χ0n) is 12.4. The van der Waals surface area contributed by atoms with Crippen LogP contribution in [0.5, 0.6) is 0 Å². The highest BCUT2D eigenvalue weighted by molar-refractivity contribution is 6.31. The summed E-state index contributed by atoms with van der Waals surface area (Å²) in [4.78, 5) is 13.6. The molecule has 122 valence electrons. The summed E-state index contributed by atoms with van der Waals surface area (Å²) in [5.74, 6) is -0.214. The number of hydrogen-bond donors (Lipinski definition) is 1. The Morgan fingerprint density at radius 1 is 1.41 bits per heavy atom. The summed E-state index contributed by atoms with van der Waals surface area (Å²) in [6.45, 7) is 8.19. The van der Waals surface area contributed by atoms with E-state index >= 15 is 0 Å². The fourth-order valence-electron chi connectivity index (χ4n) is 1.84. The third kappa shape index (κ3) is 5.26. The van der Waals surface area contributed by atoms with Gasteiger partial charge in [0.15, 0.2) is 0 Å². The molecule has 1 aromatic carbocycles. The van der Waals surface area contributed by atoms with Crippen molar-refractivity contribution in [2.75, 3.05) is 25.0 Å². The molecule has 0 aliphatic rings. The average Bonchev–Trinajstić information content (AvgIpc) is 2.42. The van der Waals surface area contributed by atoms with Crippen molar-refractivity contribution in [3.63, 3.8) is 0 Å². The number of rotatable bonds is 6. The van der Waals surface area contributed by atoms with Gasteiger partial charge in [-0.05, 0) is 32.0 Å². The first kappa shape index (κ1) is 18.4. The SMILES string of the molecule is C=C(C)CN(CC)C(=O)CNc1ccc(Cl)c(C(F)(F)F)c1. The van der Waals surface area contributed by atoms with E-state index in [1.54, 1.807) is 11.8 Å². The summed E-state index contributed by atoms with van der Waals surface area (Å²) in [5.41, 5.74) is 0.0957. The van der Waals surface area contributed by atoms with Gasteiger partial charge in [-0.15, -0.1) is 0 Å². The Balaban J connectivity index is 2.76. The monoisotopic (exact) mass is 334 g/mol. The lowest BCUT2D eigenvalue weighted by Crippen LogP contribution is -2.36. The fraction of sp³-hybridized carbons (Fsp3) is 0.400. The second-order valence-electron chi connectivity index (χ2n) is 4.91. The number of nitrogens with zero attached hydrogens (tertiary/aromatic N) is 1. The third-order valence-corrected chi connectivity index (χ3v) is 3.24. The number of carbonyl (C=O) groups is 1. The van der Waals surface area contributed by atoms with Crippen LogP contribution in [0.2, 0.25) is 5.02 Å². The number of carbonyl (C=O) groups excluding carboxylic acids is 1. The van der Waals surface area contributed by atoms with Gasteiger partial charge in [0, 0.05) is 18.8 Å². The van der Waals surface area contributed by atoms with E-state index in [2.05, 4.69) is 11.9 Å². The quantitative estimate of drug-likeness (QED) is 0.791. The predicted molar refractivity (Wildman–Crippen MR) is 82.0 cm³/mol.